The highest BCUT2D eigenvalue weighted by molar-refractivity contribution is 6.30. The highest BCUT2D eigenvalue weighted by atomic mass is 35.5. The van der Waals surface area contributed by atoms with Crippen molar-refractivity contribution in [2.24, 2.45) is 5.92 Å². The molecule has 0 bridgehead atoms. The molecule has 1 atom stereocenters. The first-order valence-corrected chi connectivity index (χ1v) is 8.65. The van der Waals surface area contributed by atoms with Crippen LogP contribution in [0.4, 0.5) is 11.8 Å². The summed E-state index contributed by atoms with van der Waals surface area (Å²) in [6, 6.07) is 9.90. The van der Waals surface area contributed by atoms with Crippen LogP contribution < -0.4 is 10.2 Å². The number of piperidine rings is 1. The molecule has 1 N–H and O–H groups in total. The van der Waals surface area contributed by atoms with E-state index in [4.69, 9.17) is 11.6 Å². The van der Waals surface area contributed by atoms with Crippen LogP contribution in [0.15, 0.2) is 36.5 Å². The fourth-order valence-electron chi connectivity index (χ4n) is 3.00. The summed E-state index contributed by atoms with van der Waals surface area (Å²) >= 11 is 6.01. The van der Waals surface area contributed by atoms with E-state index in [1.165, 1.54) is 18.4 Å². The van der Waals surface area contributed by atoms with E-state index in [0.717, 1.165) is 42.8 Å². The molecule has 1 aromatic heterocycles. The van der Waals surface area contributed by atoms with Gasteiger partial charge in [-0.3, -0.25) is 0 Å². The second kappa shape index (κ2) is 7.64. The monoisotopic (exact) mass is 330 g/mol. The maximum absolute atomic E-state index is 6.01. The molecule has 0 radical (unpaired) electrons. The summed E-state index contributed by atoms with van der Waals surface area (Å²) in [7, 11) is 0. The molecule has 0 spiro atoms. The summed E-state index contributed by atoms with van der Waals surface area (Å²) in [6.45, 7) is 5.22. The number of halogens is 1. The molecular formula is C18H23ClN4. The topological polar surface area (TPSA) is 41.1 Å². The number of hydrogen-bond donors (Lipinski definition) is 1. The van der Waals surface area contributed by atoms with Crippen LogP contribution in [-0.2, 0) is 6.42 Å². The van der Waals surface area contributed by atoms with Gasteiger partial charge in [0, 0.05) is 30.9 Å². The first kappa shape index (κ1) is 16.1. The Morgan fingerprint density at radius 3 is 3.09 bits per heavy atom. The van der Waals surface area contributed by atoms with Gasteiger partial charge < -0.3 is 10.2 Å². The van der Waals surface area contributed by atoms with Crippen LogP contribution in [0.1, 0.15) is 25.3 Å². The zero-order chi connectivity index (χ0) is 16.1. The molecule has 1 fully saturated rings. The molecule has 23 heavy (non-hydrogen) atoms. The molecule has 1 aliphatic rings. The summed E-state index contributed by atoms with van der Waals surface area (Å²) in [4.78, 5) is 11.4. The van der Waals surface area contributed by atoms with Gasteiger partial charge in [0.1, 0.15) is 5.82 Å². The van der Waals surface area contributed by atoms with Gasteiger partial charge in [0.15, 0.2) is 0 Å². The predicted molar refractivity (Wildman–Crippen MR) is 96.3 cm³/mol. The quantitative estimate of drug-likeness (QED) is 0.899. The lowest BCUT2D eigenvalue weighted by atomic mass is 10.0. The Hall–Kier alpha value is -1.81. The molecule has 2 heterocycles. The minimum absolute atomic E-state index is 0.715. The highest BCUT2D eigenvalue weighted by Gasteiger charge is 2.18. The normalized spacial score (nSPS) is 18.0. The lowest BCUT2D eigenvalue weighted by Crippen LogP contribution is -2.35. The Kier molecular flexibility index (Phi) is 5.34. The second-order valence-corrected chi connectivity index (χ2v) is 6.68. The fraction of sp³-hybridized carbons (Fsp3) is 0.444. The standard InChI is InChI=1S/C18H23ClN4/c1-14-4-3-11-23(13-14)18-21-10-8-17(22-18)20-9-7-15-5-2-6-16(19)12-15/h2,5-6,8,10,12,14H,3-4,7,9,11,13H2,1H3,(H,20,21,22). The highest BCUT2D eigenvalue weighted by Crippen LogP contribution is 2.20. The van der Waals surface area contributed by atoms with Crippen molar-refractivity contribution in [3.63, 3.8) is 0 Å². The third-order valence-electron chi connectivity index (χ3n) is 4.19. The first-order chi connectivity index (χ1) is 11.2. The molecule has 0 saturated carbocycles. The van der Waals surface area contributed by atoms with E-state index in [-0.39, 0.29) is 0 Å². The Labute approximate surface area is 142 Å². The molecule has 1 saturated heterocycles. The van der Waals surface area contributed by atoms with Gasteiger partial charge in [-0.2, -0.15) is 4.98 Å². The zero-order valence-electron chi connectivity index (χ0n) is 13.5. The molecule has 0 aliphatic carbocycles. The van der Waals surface area contributed by atoms with Crippen molar-refractivity contribution >= 4 is 23.4 Å². The lowest BCUT2D eigenvalue weighted by molar-refractivity contribution is 0.442. The van der Waals surface area contributed by atoms with Gasteiger partial charge in [-0.25, -0.2) is 4.98 Å². The van der Waals surface area contributed by atoms with Gasteiger partial charge in [-0.15, -0.1) is 0 Å². The second-order valence-electron chi connectivity index (χ2n) is 6.24. The Bertz CT molecular complexity index is 646. The van der Waals surface area contributed by atoms with Crippen LogP contribution in [0.3, 0.4) is 0 Å². The molecule has 3 rings (SSSR count). The van der Waals surface area contributed by atoms with Crippen LogP contribution >= 0.6 is 11.6 Å². The number of rotatable bonds is 5. The van der Waals surface area contributed by atoms with Crippen LogP contribution in [-0.4, -0.2) is 29.6 Å². The van der Waals surface area contributed by atoms with Crippen molar-refractivity contribution in [1.82, 2.24) is 9.97 Å². The van der Waals surface area contributed by atoms with Crippen molar-refractivity contribution in [1.29, 1.82) is 0 Å². The largest absolute Gasteiger partial charge is 0.370 e. The SMILES string of the molecule is CC1CCCN(c2nccc(NCCc3cccc(Cl)c3)n2)C1. The van der Waals surface area contributed by atoms with Crippen LogP contribution in [0.2, 0.25) is 5.02 Å². The summed E-state index contributed by atoms with van der Waals surface area (Å²) in [5.74, 6) is 2.44. The third-order valence-corrected chi connectivity index (χ3v) is 4.43. The van der Waals surface area contributed by atoms with Crippen LogP contribution in [0.5, 0.6) is 0 Å². The molecule has 0 amide bonds. The maximum atomic E-state index is 6.01. The van der Waals surface area contributed by atoms with Gasteiger partial charge in [-0.05, 0) is 48.9 Å². The number of benzene rings is 1. The van der Waals surface area contributed by atoms with Gasteiger partial charge >= 0.3 is 0 Å². The fourth-order valence-corrected chi connectivity index (χ4v) is 3.21. The minimum Gasteiger partial charge on any atom is -0.370 e. The Balaban J connectivity index is 1.57. The van der Waals surface area contributed by atoms with Crippen molar-refractivity contribution in [2.75, 3.05) is 29.9 Å². The molecule has 1 aromatic carbocycles. The minimum atomic E-state index is 0.715. The Morgan fingerprint density at radius 2 is 2.26 bits per heavy atom. The maximum Gasteiger partial charge on any atom is 0.227 e. The van der Waals surface area contributed by atoms with Crippen LogP contribution in [0.25, 0.3) is 0 Å². The van der Waals surface area contributed by atoms with E-state index in [9.17, 15) is 0 Å². The van der Waals surface area contributed by atoms with E-state index < -0.39 is 0 Å². The van der Waals surface area contributed by atoms with Crippen molar-refractivity contribution in [2.45, 2.75) is 26.2 Å². The number of hydrogen-bond acceptors (Lipinski definition) is 4. The van der Waals surface area contributed by atoms with E-state index in [2.05, 4.69) is 33.2 Å². The van der Waals surface area contributed by atoms with Gasteiger partial charge in [0.25, 0.3) is 0 Å². The molecule has 4 nitrogen and oxygen atoms in total. The molecule has 5 heteroatoms. The van der Waals surface area contributed by atoms with Crippen molar-refractivity contribution in [3.8, 4) is 0 Å². The van der Waals surface area contributed by atoms with E-state index in [1.807, 2.05) is 30.5 Å². The smallest absolute Gasteiger partial charge is 0.227 e. The average Bonchev–Trinajstić information content (AvgIpc) is 2.55. The molecule has 2 aromatic rings. The summed E-state index contributed by atoms with van der Waals surface area (Å²) in [5, 5.41) is 4.17. The molecule has 122 valence electrons. The summed E-state index contributed by atoms with van der Waals surface area (Å²) in [6.07, 6.45) is 5.27. The Morgan fingerprint density at radius 1 is 1.35 bits per heavy atom. The van der Waals surface area contributed by atoms with Gasteiger partial charge in [0.05, 0.1) is 0 Å². The number of anilines is 2. The van der Waals surface area contributed by atoms with Crippen molar-refractivity contribution < 1.29 is 0 Å². The molecule has 1 unspecified atom stereocenters. The van der Waals surface area contributed by atoms with Gasteiger partial charge in [0.2, 0.25) is 5.95 Å². The number of nitrogens with one attached hydrogen (secondary N) is 1. The van der Waals surface area contributed by atoms with Crippen molar-refractivity contribution in [3.05, 3.63) is 47.1 Å². The molecular weight excluding hydrogens is 308 g/mol. The first-order valence-electron chi connectivity index (χ1n) is 8.27. The molecule has 1 aliphatic heterocycles. The third kappa shape index (κ3) is 4.58. The average molecular weight is 331 g/mol. The number of nitrogens with zero attached hydrogens (tertiary/aromatic N) is 3. The predicted octanol–water partition coefficient (Wildman–Crippen LogP) is 4.02. The van der Waals surface area contributed by atoms with E-state index >= 15 is 0 Å². The summed E-state index contributed by atoms with van der Waals surface area (Å²) in [5.41, 5.74) is 1.23. The summed E-state index contributed by atoms with van der Waals surface area (Å²) < 4.78 is 0. The van der Waals surface area contributed by atoms with E-state index in [1.54, 1.807) is 0 Å². The lowest BCUT2D eigenvalue weighted by Gasteiger charge is -2.30. The number of aromatic nitrogens is 2. The van der Waals surface area contributed by atoms with Gasteiger partial charge in [-0.1, -0.05) is 30.7 Å². The zero-order valence-corrected chi connectivity index (χ0v) is 14.3. The van der Waals surface area contributed by atoms with Crippen LogP contribution in [0, 0.1) is 5.92 Å². The van der Waals surface area contributed by atoms with E-state index in [0.29, 0.717) is 5.92 Å².